The van der Waals surface area contributed by atoms with Crippen LogP contribution in [0.15, 0.2) is 48.5 Å². The molecule has 1 atom stereocenters. The fraction of sp³-hybridized carbons (Fsp3) is 0.500. The molecule has 30 heavy (non-hydrogen) atoms. The molecule has 0 spiro atoms. The highest BCUT2D eigenvalue weighted by Gasteiger charge is 2.22. The van der Waals surface area contributed by atoms with Gasteiger partial charge in [0.1, 0.15) is 5.75 Å². The number of rotatable bonds is 12. The summed E-state index contributed by atoms with van der Waals surface area (Å²) in [6.07, 6.45) is 2.08. The van der Waals surface area contributed by atoms with Crippen LogP contribution in [0.4, 0.5) is 0 Å². The fourth-order valence-corrected chi connectivity index (χ4v) is 3.65. The molecule has 0 aromatic heterocycles. The summed E-state index contributed by atoms with van der Waals surface area (Å²) in [7, 11) is 0. The van der Waals surface area contributed by atoms with Gasteiger partial charge in [-0.25, -0.2) is 0 Å². The molecule has 0 saturated carbocycles. The van der Waals surface area contributed by atoms with E-state index in [2.05, 4.69) is 37.8 Å². The summed E-state index contributed by atoms with van der Waals surface area (Å²) in [5.41, 5.74) is 3.04. The van der Waals surface area contributed by atoms with Crippen molar-refractivity contribution in [3.63, 3.8) is 0 Å². The predicted molar refractivity (Wildman–Crippen MR) is 125 cm³/mol. The zero-order valence-electron chi connectivity index (χ0n) is 19.4. The van der Waals surface area contributed by atoms with Crippen LogP contribution in [-0.4, -0.2) is 48.0 Å². The Kier molecular flexibility index (Phi) is 9.88. The van der Waals surface area contributed by atoms with E-state index in [4.69, 9.17) is 4.74 Å². The summed E-state index contributed by atoms with van der Waals surface area (Å²) in [6, 6.07) is 16.1. The second-order valence-electron chi connectivity index (χ2n) is 7.89. The van der Waals surface area contributed by atoms with Gasteiger partial charge in [0.2, 0.25) is 0 Å². The monoisotopic (exact) mass is 410 g/mol. The van der Waals surface area contributed by atoms with Gasteiger partial charge in [0.05, 0.1) is 6.61 Å². The quantitative estimate of drug-likeness (QED) is 0.460. The number of ether oxygens (including phenoxy) is 1. The first-order valence-electron chi connectivity index (χ1n) is 11.3. The largest absolute Gasteiger partial charge is 0.494 e. The lowest BCUT2D eigenvalue weighted by Gasteiger charge is -2.30. The molecule has 2 rings (SSSR count). The number of hydrogen-bond donors (Lipinski definition) is 0. The van der Waals surface area contributed by atoms with Crippen LogP contribution in [0.5, 0.6) is 5.75 Å². The summed E-state index contributed by atoms with van der Waals surface area (Å²) in [6.45, 7) is 15.1. The topological polar surface area (TPSA) is 32.8 Å². The van der Waals surface area contributed by atoms with Crippen LogP contribution in [0.25, 0.3) is 0 Å². The van der Waals surface area contributed by atoms with Gasteiger partial charge in [-0.1, -0.05) is 43.7 Å². The van der Waals surface area contributed by atoms with Crippen LogP contribution in [0.2, 0.25) is 0 Å². The Hall–Kier alpha value is -2.33. The number of amides is 1. The van der Waals surface area contributed by atoms with Crippen molar-refractivity contribution in [3.8, 4) is 5.75 Å². The highest BCUT2D eigenvalue weighted by molar-refractivity contribution is 5.94. The van der Waals surface area contributed by atoms with Crippen molar-refractivity contribution in [1.82, 2.24) is 9.80 Å². The van der Waals surface area contributed by atoms with E-state index >= 15 is 0 Å². The first-order valence-corrected chi connectivity index (χ1v) is 11.3. The Morgan fingerprint density at radius 3 is 2.17 bits per heavy atom. The second kappa shape index (κ2) is 12.4. The molecule has 4 nitrogen and oxygen atoms in total. The van der Waals surface area contributed by atoms with Gasteiger partial charge >= 0.3 is 0 Å². The molecule has 0 aliphatic rings. The van der Waals surface area contributed by atoms with Crippen molar-refractivity contribution in [2.24, 2.45) is 0 Å². The van der Waals surface area contributed by atoms with E-state index in [-0.39, 0.29) is 11.9 Å². The molecular weight excluding hydrogens is 372 g/mol. The Labute approximate surface area is 182 Å². The lowest BCUT2D eigenvalue weighted by atomic mass is 10.1. The number of aryl methyl sites for hydroxylation is 1. The van der Waals surface area contributed by atoms with Crippen LogP contribution in [0, 0.1) is 6.92 Å². The minimum absolute atomic E-state index is 0.0965. The number of carbonyl (C=O) groups is 1. The third kappa shape index (κ3) is 7.17. The van der Waals surface area contributed by atoms with E-state index in [9.17, 15) is 4.79 Å². The summed E-state index contributed by atoms with van der Waals surface area (Å²) in [5, 5.41) is 0. The molecule has 0 radical (unpaired) electrons. The smallest absolute Gasteiger partial charge is 0.254 e. The van der Waals surface area contributed by atoms with Gasteiger partial charge in [0, 0.05) is 18.2 Å². The van der Waals surface area contributed by atoms with Crippen molar-refractivity contribution in [2.45, 2.75) is 60.0 Å². The van der Waals surface area contributed by atoms with E-state index in [1.54, 1.807) is 0 Å². The molecule has 2 aromatic rings. The third-order valence-electron chi connectivity index (χ3n) is 5.67. The zero-order chi connectivity index (χ0) is 21.9. The van der Waals surface area contributed by atoms with Gasteiger partial charge in [-0.05, 0) is 83.1 Å². The van der Waals surface area contributed by atoms with Crippen LogP contribution < -0.4 is 4.74 Å². The molecule has 0 aliphatic carbocycles. The van der Waals surface area contributed by atoms with Crippen molar-refractivity contribution in [1.29, 1.82) is 0 Å². The molecule has 1 amide bonds. The van der Waals surface area contributed by atoms with Crippen LogP contribution >= 0.6 is 0 Å². The molecule has 4 heteroatoms. The molecular formula is C26H38N2O2. The average molecular weight is 411 g/mol. The average Bonchev–Trinajstić information content (AvgIpc) is 2.76. The maximum absolute atomic E-state index is 13.4. The maximum atomic E-state index is 13.4. The van der Waals surface area contributed by atoms with Crippen LogP contribution in [0.1, 0.15) is 62.0 Å². The lowest BCUT2D eigenvalue weighted by molar-refractivity contribution is 0.0662. The van der Waals surface area contributed by atoms with Crippen molar-refractivity contribution in [3.05, 3.63) is 65.2 Å². The van der Waals surface area contributed by atoms with Crippen LogP contribution in [-0.2, 0) is 6.54 Å². The van der Waals surface area contributed by atoms with Gasteiger partial charge < -0.3 is 14.5 Å². The Morgan fingerprint density at radius 1 is 0.967 bits per heavy atom. The molecule has 1 unspecified atom stereocenters. The van der Waals surface area contributed by atoms with E-state index in [1.807, 2.05) is 55.1 Å². The molecule has 0 aliphatic heterocycles. The van der Waals surface area contributed by atoms with E-state index < -0.39 is 0 Å². The highest BCUT2D eigenvalue weighted by atomic mass is 16.5. The number of benzene rings is 2. The normalized spacial score (nSPS) is 12.1. The van der Waals surface area contributed by atoms with E-state index in [1.165, 1.54) is 0 Å². The van der Waals surface area contributed by atoms with E-state index in [0.29, 0.717) is 13.2 Å². The molecule has 0 fully saturated rings. The minimum atomic E-state index is 0.0965. The van der Waals surface area contributed by atoms with Crippen molar-refractivity contribution < 1.29 is 9.53 Å². The number of carbonyl (C=O) groups excluding carboxylic acids is 1. The molecule has 2 aromatic carbocycles. The van der Waals surface area contributed by atoms with Crippen molar-refractivity contribution >= 4 is 5.91 Å². The minimum Gasteiger partial charge on any atom is -0.494 e. The molecule has 0 heterocycles. The number of hydrogen-bond acceptors (Lipinski definition) is 3. The zero-order valence-corrected chi connectivity index (χ0v) is 19.4. The SMILES string of the molecule is CCOc1ccc(CN(C(=O)c2ccc(C)cc2)C(C)CCCN(CC)CC)cc1. The molecule has 0 bridgehead atoms. The number of nitrogens with zero attached hydrogens (tertiary/aromatic N) is 2. The Bertz CT molecular complexity index is 752. The summed E-state index contributed by atoms with van der Waals surface area (Å²) < 4.78 is 5.55. The molecule has 0 N–H and O–H groups in total. The summed E-state index contributed by atoms with van der Waals surface area (Å²) >= 11 is 0. The summed E-state index contributed by atoms with van der Waals surface area (Å²) in [5.74, 6) is 0.962. The van der Waals surface area contributed by atoms with Gasteiger partial charge in [-0.3, -0.25) is 4.79 Å². The van der Waals surface area contributed by atoms with E-state index in [0.717, 1.165) is 54.9 Å². The maximum Gasteiger partial charge on any atom is 0.254 e. The fourth-order valence-electron chi connectivity index (χ4n) is 3.65. The van der Waals surface area contributed by atoms with Gasteiger partial charge in [-0.15, -0.1) is 0 Å². The molecule has 164 valence electrons. The Morgan fingerprint density at radius 2 is 1.60 bits per heavy atom. The highest BCUT2D eigenvalue weighted by Crippen LogP contribution is 2.19. The summed E-state index contributed by atoms with van der Waals surface area (Å²) in [4.78, 5) is 17.8. The Balaban J connectivity index is 2.14. The predicted octanol–water partition coefficient (Wildman–Crippen LogP) is 5.55. The van der Waals surface area contributed by atoms with Gasteiger partial charge in [0.25, 0.3) is 5.91 Å². The first kappa shape index (κ1) is 23.9. The van der Waals surface area contributed by atoms with Crippen molar-refractivity contribution in [2.75, 3.05) is 26.2 Å². The van der Waals surface area contributed by atoms with Gasteiger partial charge in [0.15, 0.2) is 0 Å². The lowest BCUT2D eigenvalue weighted by Crippen LogP contribution is -2.38. The van der Waals surface area contributed by atoms with Gasteiger partial charge in [-0.2, -0.15) is 0 Å². The second-order valence-corrected chi connectivity index (χ2v) is 7.89. The van der Waals surface area contributed by atoms with Crippen LogP contribution in [0.3, 0.4) is 0 Å². The third-order valence-corrected chi connectivity index (χ3v) is 5.67. The first-order chi connectivity index (χ1) is 14.5. The molecule has 0 saturated heterocycles. The standard InChI is InChI=1S/C26H38N2O2/c1-6-27(7-2)19-9-10-22(5)28(26(29)24-15-11-21(4)12-16-24)20-23-13-17-25(18-14-23)30-8-3/h11-18,22H,6-10,19-20H2,1-5H3.